The van der Waals surface area contributed by atoms with Gasteiger partial charge in [0.05, 0.1) is 21.4 Å². The third-order valence-electron chi connectivity index (χ3n) is 3.74. The van der Waals surface area contributed by atoms with Crippen LogP contribution >= 0.6 is 22.7 Å². The van der Waals surface area contributed by atoms with Crippen LogP contribution in [0.3, 0.4) is 0 Å². The van der Waals surface area contributed by atoms with Crippen molar-refractivity contribution < 1.29 is 9.53 Å². The summed E-state index contributed by atoms with van der Waals surface area (Å²) in [6.45, 7) is 2.01. The van der Waals surface area contributed by atoms with Crippen LogP contribution in [0.2, 0.25) is 0 Å². The second-order valence-electron chi connectivity index (χ2n) is 5.56. The smallest absolute Gasteiger partial charge is 0.407 e. The topological polar surface area (TPSA) is 92.8 Å². The number of rotatable bonds is 4. The van der Waals surface area contributed by atoms with E-state index in [1.807, 2.05) is 29.9 Å². The number of thiazole rings is 2. The number of nitrogens with one attached hydrogen (secondary N) is 2. The maximum atomic E-state index is 11.3. The minimum absolute atomic E-state index is 0.0554. The number of imidazole rings is 1. The van der Waals surface area contributed by atoms with Gasteiger partial charge < -0.3 is 15.0 Å². The summed E-state index contributed by atoms with van der Waals surface area (Å²) in [5.41, 5.74) is 6.33. The van der Waals surface area contributed by atoms with Crippen molar-refractivity contribution in [1.82, 2.24) is 25.3 Å². The van der Waals surface area contributed by atoms with Crippen molar-refractivity contribution in [2.24, 2.45) is 0 Å². The van der Waals surface area contributed by atoms with E-state index < -0.39 is 6.09 Å². The predicted molar refractivity (Wildman–Crippen MR) is 102 cm³/mol. The molecule has 0 aliphatic rings. The third-order valence-corrected chi connectivity index (χ3v) is 5.50. The van der Waals surface area contributed by atoms with Gasteiger partial charge in [0.2, 0.25) is 0 Å². The number of benzene rings is 1. The molecular weight excluding hydrogens is 370 g/mol. The molecule has 4 rings (SSSR count). The number of hydrogen-bond acceptors (Lipinski definition) is 7. The van der Waals surface area contributed by atoms with Crippen LogP contribution in [0.15, 0.2) is 29.1 Å². The van der Waals surface area contributed by atoms with Crippen molar-refractivity contribution in [3.05, 3.63) is 40.6 Å². The molecule has 2 N–H and O–H groups in total. The molecule has 3 heterocycles. The summed E-state index contributed by atoms with van der Waals surface area (Å²) < 4.78 is 6.21. The Morgan fingerprint density at radius 3 is 2.96 bits per heavy atom. The van der Waals surface area contributed by atoms with Crippen molar-refractivity contribution in [1.29, 1.82) is 0 Å². The molecule has 132 valence electrons. The third kappa shape index (κ3) is 3.18. The van der Waals surface area contributed by atoms with E-state index in [1.54, 1.807) is 11.3 Å². The molecule has 0 unspecified atom stereocenters. The number of aryl methyl sites for hydroxylation is 1. The van der Waals surface area contributed by atoms with Gasteiger partial charge in [0.15, 0.2) is 6.61 Å². The zero-order valence-electron chi connectivity index (χ0n) is 14.1. The van der Waals surface area contributed by atoms with Crippen LogP contribution in [0, 0.1) is 6.92 Å². The number of H-pyrrole nitrogens is 1. The van der Waals surface area contributed by atoms with Crippen molar-refractivity contribution >= 4 is 39.0 Å². The number of nitrogens with zero attached hydrogens (tertiary/aromatic N) is 3. The largest absolute Gasteiger partial charge is 0.441 e. The van der Waals surface area contributed by atoms with Crippen LogP contribution in [-0.2, 0) is 11.3 Å². The highest BCUT2D eigenvalue weighted by molar-refractivity contribution is 7.16. The number of aromatic nitrogens is 4. The van der Waals surface area contributed by atoms with Crippen molar-refractivity contribution in [2.75, 3.05) is 7.05 Å². The van der Waals surface area contributed by atoms with Gasteiger partial charge >= 0.3 is 6.09 Å². The Morgan fingerprint density at radius 1 is 1.31 bits per heavy atom. The molecule has 0 saturated carbocycles. The first-order valence-corrected chi connectivity index (χ1v) is 9.59. The lowest BCUT2D eigenvalue weighted by atomic mass is 10.1. The van der Waals surface area contributed by atoms with Gasteiger partial charge in [-0.3, -0.25) is 0 Å². The average molecular weight is 385 g/mol. The summed E-state index contributed by atoms with van der Waals surface area (Å²) in [5.74, 6) is 0.566. The predicted octanol–water partition coefficient (Wildman–Crippen LogP) is 3.97. The van der Waals surface area contributed by atoms with Crippen LogP contribution in [0.25, 0.3) is 32.2 Å². The first kappa shape index (κ1) is 16.7. The number of alkyl carbamates (subject to hydrolysis) is 1. The Balaban J connectivity index is 1.77. The highest BCUT2D eigenvalue weighted by Gasteiger charge is 2.18. The minimum Gasteiger partial charge on any atom is -0.441 e. The van der Waals surface area contributed by atoms with Gasteiger partial charge in [-0.25, -0.2) is 19.7 Å². The van der Waals surface area contributed by atoms with E-state index in [2.05, 4.69) is 31.3 Å². The van der Waals surface area contributed by atoms with Gasteiger partial charge in [0.1, 0.15) is 16.5 Å². The van der Waals surface area contributed by atoms with E-state index in [4.69, 9.17) is 4.74 Å². The quantitative estimate of drug-likeness (QED) is 0.554. The van der Waals surface area contributed by atoms with Gasteiger partial charge in [0.25, 0.3) is 0 Å². The average Bonchev–Trinajstić information content (AvgIpc) is 3.37. The van der Waals surface area contributed by atoms with Gasteiger partial charge in [-0.2, -0.15) is 0 Å². The number of fused-ring (bicyclic) bond motifs is 1. The summed E-state index contributed by atoms with van der Waals surface area (Å²) in [6.07, 6.45) is -0.499. The Morgan fingerprint density at radius 2 is 2.19 bits per heavy atom. The first-order valence-electron chi connectivity index (χ1n) is 7.83. The van der Waals surface area contributed by atoms with Gasteiger partial charge in [-0.1, -0.05) is 6.07 Å². The van der Waals surface area contributed by atoms with Crippen LogP contribution in [0.4, 0.5) is 4.79 Å². The minimum atomic E-state index is -0.499. The number of amides is 1. The summed E-state index contributed by atoms with van der Waals surface area (Å²) in [6, 6.07) is 6.07. The number of carbonyl (C=O) groups is 1. The van der Waals surface area contributed by atoms with Gasteiger partial charge in [-0.05, 0) is 19.1 Å². The molecular formula is C17H15N5O2S2. The fourth-order valence-electron chi connectivity index (χ4n) is 2.53. The maximum Gasteiger partial charge on any atom is 0.407 e. The Kier molecular flexibility index (Phi) is 4.39. The molecule has 4 aromatic rings. The molecule has 0 spiro atoms. The zero-order chi connectivity index (χ0) is 18.1. The van der Waals surface area contributed by atoms with Crippen LogP contribution < -0.4 is 5.32 Å². The Labute approximate surface area is 157 Å². The molecule has 0 aliphatic carbocycles. The SMILES string of the molecule is CNC(=O)OCc1nc(-c2nc(C)cs2)c(-c2ccc3ncsc3c2)[nH]1. The summed E-state index contributed by atoms with van der Waals surface area (Å²) in [7, 11) is 1.52. The van der Waals surface area contributed by atoms with Crippen molar-refractivity contribution in [3.63, 3.8) is 0 Å². The maximum absolute atomic E-state index is 11.3. The number of aromatic amines is 1. The molecule has 26 heavy (non-hydrogen) atoms. The summed E-state index contributed by atoms with van der Waals surface area (Å²) in [5, 5.41) is 5.23. The first-order chi connectivity index (χ1) is 12.6. The van der Waals surface area contributed by atoms with E-state index in [1.165, 1.54) is 18.4 Å². The Bertz CT molecular complexity index is 1080. The Hall–Kier alpha value is -2.78. The summed E-state index contributed by atoms with van der Waals surface area (Å²) in [4.78, 5) is 28.1. The van der Waals surface area contributed by atoms with Crippen molar-refractivity contribution in [2.45, 2.75) is 13.5 Å². The lowest BCUT2D eigenvalue weighted by Gasteiger charge is -2.01. The van der Waals surface area contributed by atoms with E-state index in [0.717, 1.165) is 37.9 Å². The second-order valence-corrected chi connectivity index (χ2v) is 7.31. The lowest BCUT2D eigenvalue weighted by molar-refractivity contribution is 0.139. The van der Waals surface area contributed by atoms with E-state index in [-0.39, 0.29) is 6.61 Å². The molecule has 0 aliphatic heterocycles. The second kappa shape index (κ2) is 6.85. The number of carbonyl (C=O) groups excluding carboxylic acids is 1. The van der Waals surface area contributed by atoms with Crippen LogP contribution in [0.5, 0.6) is 0 Å². The van der Waals surface area contributed by atoms with Gasteiger partial charge in [-0.15, -0.1) is 22.7 Å². The molecule has 3 aromatic heterocycles. The molecule has 9 heteroatoms. The molecule has 1 aromatic carbocycles. The molecule has 0 radical (unpaired) electrons. The van der Waals surface area contributed by atoms with Crippen LogP contribution in [-0.4, -0.2) is 33.1 Å². The van der Waals surface area contributed by atoms with E-state index in [9.17, 15) is 4.79 Å². The van der Waals surface area contributed by atoms with E-state index >= 15 is 0 Å². The number of ether oxygens (including phenoxy) is 1. The summed E-state index contributed by atoms with van der Waals surface area (Å²) >= 11 is 3.13. The molecule has 7 nitrogen and oxygen atoms in total. The van der Waals surface area contributed by atoms with Crippen LogP contribution in [0.1, 0.15) is 11.5 Å². The van der Waals surface area contributed by atoms with E-state index in [0.29, 0.717) is 5.82 Å². The molecule has 0 saturated heterocycles. The highest BCUT2D eigenvalue weighted by atomic mass is 32.1. The standard InChI is InChI=1S/C17H15N5O2S2/c1-9-7-25-16(20-9)15-14(21-13(22-15)6-24-17(23)18-2)10-3-4-11-12(5-10)26-8-19-11/h3-5,7-8H,6H2,1-2H3,(H,18,23)(H,21,22). The monoisotopic (exact) mass is 385 g/mol. The highest BCUT2D eigenvalue weighted by Crippen LogP contribution is 2.34. The molecule has 1 amide bonds. The molecule has 0 fully saturated rings. The lowest BCUT2D eigenvalue weighted by Crippen LogP contribution is -2.19. The number of hydrogen-bond donors (Lipinski definition) is 2. The zero-order valence-corrected chi connectivity index (χ0v) is 15.7. The molecule has 0 atom stereocenters. The van der Waals surface area contributed by atoms with Crippen molar-refractivity contribution in [3.8, 4) is 22.0 Å². The fourth-order valence-corrected chi connectivity index (χ4v) is 4.04. The molecule has 0 bridgehead atoms. The normalized spacial score (nSPS) is 11.0. The fraction of sp³-hybridized carbons (Fsp3) is 0.176. The van der Waals surface area contributed by atoms with Gasteiger partial charge in [0, 0.05) is 23.7 Å².